The molecule has 2 aliphatic rings. The van der Waals surface area contributed by atoms with Crippen molar-refractivity contribution < 1.29 is 18.7 Å². The van der Waals surface area contributed by atoms with Crippen LogP contribution in [0.15, 0.2) is 10.5 Å². The van der Waals surface area contributed by atoms with Crippen LogP contribution in [0.4, 0.5) is 0 Å². The molecule has 0 bridgehead atoms. The summed E-state index contributed by atoms with van der Waals surface area (Å²) >= 11 is 0. The van der Waals surface area contributed by atoms with Crippen LogP contribution in [0.5, 0.6) is 0 Å². The SMILES string of the molecule is COCC1(C(=O)N2CCC(NC(=O)c3cc(C)oc3C)CC2)CCNCC1.Cl. The van der Waals surface area contributed by atoms with E-state index in [1.54, 1.807) is 20.1 Å². The molecule has 0 atom stereocenters. The number of rotatable bonds is 5. The summed E-state index contributed by atoms with van der Waals surface area (Å²) in [7, 11) is 1.67. The van der Waals surface area contributed by atoms with Gasteiger partial charge in [0, 0.05) is 26.2 Å². The molecule has 0 saturated carbocycles. The third-order valence-electron chi connectivity index (χ3n) is 5.84. The fraction of sp³-hybridized carbons (Fsp3) is 0.700. The highest BCUT2D eigenvalue weighted by molar-refractivity contribution is 5.95. The van der Waals surface area contributed by atoms with Gasteiger partial charge in [0.1, 0.15) is 11.5 Å². The molecule has 1 aromatic rings. The molecular formula is C20H32ClN3O4. The number of carbonyl (C=O) groups is 2. The van der Waals surface area contributed by atoms with Gasteiger partial charge in [-0.2, -0.15) is 0 Å². The number of hydrogen-bond donors (Lipinski definition) is 2. The average Bonchev–Trinajstić information content (AvgIpc) is 3.01. The number of ether oxygens (including phenoxy) is 1. The van der Waals surface area contributed by atoms with Gasteiger partial charge in [0.2, 0.25) is 5.91 Å². The van der Waals surface area contributed by atoms with Gasteiger partial charge >= 0.3 is 0 Å². The predicted molar refractivity (Wildman–Crippen MR) is 109 cm³/mol. The van der Waals surface area contributed by atoms with E-state index in [0.717, 1.165) is 44.5 Å². The Morgan fingerprint density at radius 1 is 1.29 bits per heavy atom. The van der Waals surface area contributed by atoms with Crippen LogP contribution in [0, 0.1) is 19.3 Å². The number of halogens is 1. The van der Waals surface area contributed by atoms with Crippen LogP contribution in [0.3, 0.4) is 0 Å². The number of amides is 2. The summed E-state index contributed by atoms with van der Waals surface area (Å²) in [5.74, 6) is 1.49. The fourth-order valence-electron chi connectivity index (χ4n) is 4.28. The minimum atomic E-state index is -0.401. The Bertz CT molecular complexity index is 671. The van der Waals surface area contributed by atoms with E-state index in [9.17, 15) is 9.59 Å². The highest BCUT2D eigenvalue weighted by Gasteiger charge is 2.43. The molecule has 0 aromatic carbocycles. The Morgan fingerprint density at radius 2 is 1.93 bits per heavy atom. The van der Waals surface area contributed by atoms with E-state index in [1.165, 1.54) is 0 Å². The average molecular weight is 414 g/mol. The van der Waals surface area contributed by atoms with Crippen LogP contribution >= 0.6 is 12.4 Å². The summed E-state index contributed by atoms with van der Waals surface area (Å²) in [6, 6.07) is 1.86. The molecule has 2 fully saturated rings. The Morgan fingerprint density at radius 3 is 2.46 bits per heavy atom. The Hall–Kier alpha value is -1.57. The molecule has 7 nitrogen and oxygen atoms in total. The Labute approximate surface area is 173 Å². The number of nitrogens with zero attached hydrogens (tertiary/aromatic N) is 1. The molecule has 2 aliphatic heterocycles. The highest BCUT2D eigenvalue weighted by Crippen LogP contribution is 2.32. The minimum Gasteiger partial charge on any atom is -0.466 e. The molecule has 1 aromatic heterocycles. The lowest BCUT2D eigenvalue weighted by molar-refractivity contribution is -0.148. The maximum Gasteiger partial charge on any atom is 0.255 e. The van der Waals surface area contributed by atoms with Crippen molar-refractivity contribution >= 4 is 24.2 Å². The third-order valence-corrected chi connectivity index (χ3v) is 5.84. The van der Waals surface area contributed by atoms with Crippen molar-refractivity contribution in [1.29, 1.82) is 0 Å². The molecule has 0 aliphatic carbocycles. The topological polar surface area (TPSA) is 83.8 Å². The van der Waals surface area contributed by atoms with E-state index >= 15 is 0 Å². The zero-order chi connectivity index (χ0) is 19.4. The van der Waals surface area contributed by atoms with E-state index in [2.05, 4.69) is 10.6 Å². The standard InChI is InChI=1S/C20H31N3O4.ClH/c1-14-12-17(15(2)27-14)18(24)22-16-4-10-23(11-5-16)19(25)20(13-26-3)6-8-21-9-7-20;/h12,16,21H,4-11,13H2,1-3H3,(H,22,24);1H. The number of likely N-dealkylation sites (tertiary alicyclic amines) is 1. The van der Waals surface area contributed by atoms with Crippen molar-refractivity contribution in [3.05, 3.63) is 23.2 Å². The molecule has 158 valence electrons. The van der Waals surface area contributed by atoms with E-state index in [0.29, 0.717) is 31.0 Å². The maximum atomic E-state index is 13.2. The van der Waals surface area contributed by atoms with Crippen LogP contribution in [-0.2, 0) is 9.53 Å². The molecule has 0 radical (unpaired) electrons. The third kappa shape index (κ3) is 4.88. The van der Waals surface area contributed by atoms with E-state index in [4.69, 9.17) is 9.15 Å². The zero-order valence-corrected chi connectivity index (χ0v) is 17.8. The van der Waals surface area contributed by atoms with Gasteiger partial charge in [-0.05, 0) is 58.7 Å². The van der Waals surface area contributed by atoms with Crippen LogP contribution in [0.1, 0.15) is 47.6 Å². The van der Waals surface area contributed by atoms with Gasteiger partial charge in [-0.25, -0.2) is 0 Å². The second kappa shape index (κ2) is 9.76. The van der Waals surface area contributed by atoms with Gasteiger partial charge in [-0.1, -0.05) is 0 Å². The Balaban J connectivity index is 0.00000280. The van der Waals surface area contributed by atoms with Crippen LogP contribution in [-0.4, -0.2) is 62.7 Å². The number of carbonyl (C=O) groups excluding carboxylic acids is 2. The van der Waals surface area contributed by atoms with Gasteiger partial charge in [-0.3, -0.25) is 9.59 Å². The first-order valence-corrected chi connectivity index (χ1v) is 9.82. The van der Waals surface area contributed by atoms with Gasteiger partial charge in [0.25, 0.3) is 5.91 Å². The molecule has 0 unspecified atom stereocenters. The first-order valence-electron chi connectivity index (χ1n) is 9.82. The second-order valence-corrected chi connectivity index (χ2v) is 7.83. The lowest BCUT2D eigenvalue weighted by atomic mass is 9.78. The lowest BCUT2D eigenvalue weighted by Gasteiger charge is -2.42. The monoisotopic (exact) mass is 413 g/mol. The number of methoxy groups -OCH3 is 1. The quantitative estimate of drug-likeness (QED) is 0.771. The minimum absolute atomic E-state index is 0. The van der Waals surface area contributed by atoms with Crippen molar-refractivity contribution in [3.63, 3.8) is 0 Å². The molecule has 3 heterocycles. The molecule has 8 heteroatoms. The number of nitrogens with one attached hydrogen (secondary N) is 2. The maximum absolute atomic E-state index is 13.2. The van der Waals surface area contributed by atoms with Gasteiger partial charge in [0.05, 0.1) is 17.6 Å². The molecule has 2 N–H and O–H groups in total. The molecule has 3 rings (SSSR count). The van der Waals surface area contributed by atoms with Crippen molar-refractivity contribution in [1.82, 2.24) is 15.5 Å². The molecule has 2 saturated heterocycles. The summed E-state index contributed by atoms with van der Waals surface area (Å²) in [5, 5.41) is 6.42. The summed E-state index contributed by atoms with van der Waals surface area (Å²) < 4.78 is 10.8. The van der Waals surface area contributed by atoms with Crippen molar-refractivity contribution in [2.45, 2.75) is 45.6 Å². The van der Waals surface area contributed by atoms with Gasteiger partial charge < -0.3 is 24.7 Å². The second-order valence-electron chi connectivity index (χ2n) is 7.83. The van der Waals surface area contributed by atoms with E-state index in [-0.39, 0.29) is 30.3 Å². The van der Waals surface area contributed by atoms with Crippen LogP contribution in [0.2, 0.25) is 0 Å². The number of hydrogen-bond acceptors (Lipinski definition) is 5. The van der Waals surface area contributed by atoms with E-state index < -0.39 is 5.41 Å². The summed E-state index contributed by atoms with van der Waals surface area (Å²) in [4.78, 5) is 27.6. The predicted octanol–water partition coefficient (Wildman–Crippen LogP) is 2.06. The smallest absolute Gasteiger partial charge is 0.255 e. The zero-order valence-electron chi connectivity index (χ0n) is 17.0. The molecule has 28 heavy (non-hydrogen) atoms. The molecular weight excluding hydrogens is 382 g/mol. The number of furan rings is 1. The molecule has 2 amide bonds. The first kappa shape index (κ1) is 22.7. The van der Waals surface area contributed by atoms with E-state index in [1.807, 2.05) is 11.8 Å². The lowest BCUT2D eigenvalue weighted by Crippen LogP contribution is -2.55. The van der Waals surface area contributed by atoms with Gasteiger partial charge in [0.15, 0.2) is 0 Å². The van der Waals surface area contributed by atoms with Crippen molar-refractivity contribution in [2.24, 2.45) is 5.41 Å². The summed E-state index contributed by atoms with van der Waals surface area (Å²) in [6.45, 7) is 7.17. The molecule has 0 spiro atoms. The van der Waals surface area contributed by atoms with Gasteiger partial charge in [-0.15, -0.1) is 12.4 Å². The fourth-order valence-corrected chi connectivity index (χ4v) is 4.28. The van der Waals surface area contributed by atoms with Crippen molar-refractivity contribution in [3.8, 4) is 0 Å². The highest BCUT2D eigenvalue weighted by atomic mass is 35.5. The summed E-state index contributed by atoms with van der Waals surface area (Å²) in [5.41, 5.74) is 0.196. The van der Waals surface area contributed by atoms with Crippen LogP contribution in [0.25, 0.3) is 0 Å². The largest absolute Gasteiger partial charge is 0.466 e. The normalized spacial score (nSPS) is 19.8. The number of piperidine rings is 2. The first-order chi connectivity index (χ1) is 12.9. The Kier molecular flexibility index (Phi) is 7.92. The summed E-state index contributed by atoms with van der Waals surface area (Å²) in [6.07, 6.45) is 3.17. The van der Waals surface area contributed by atoms with Crippen molar-refractivity contribution in [2.75, 3.05) is 39.9 Å². The number of aryl methyl sites for hydroxylation is 2. The van der Waals surface area contributed by atoms with Crippen LogP contribution < -0.4 is 10.6 Å².